The van der Waals surface area contributed by atoms with Gasteiger partial charge in [0.05, 0.1) is 19.3 Å². The summed E-state index contributed by atoms with van der Waals surface area (Å²) in [6, 6.07) is 8.23. The van der Waals surface area contributed by atoms with E-state index in [1.165, 1.54) is 5.56 Å². The minimum Gasteiger partial charge on any atom is -0.497 e. The molecule has 24 heavy (non-hydrogen) atoms. The Kier molecular flexibility index (Phi) is 7.10. The zero-order valence-electron chi connectivity index (χ0n) is 15.5. The second kappa shape index (κ2) is 9.07. The highest BCUT2D eigenvalue weighted by molar-refractivity contribution is 5.79. The summed E-state index contributed by atoms with van der Waals surface area (Å²) in [4.78, 5) is 15.1. The van der Waals surface area contributed by atoms with E-state index < -0.39 is 0 Å². The first-order valence-corrected chi connectivity index (χ1v) is 9.11. The van der Waals surface area contributed by atoms with Crippen LogP contribution < -0.4 is 4.74 Å². The van der Waals surface area contributed by atoms with Crippen molar-refractivity contribution in [3.8, 4) is 5.75 Å². The Morgan fingerprint density at radius 2 is 1.75 bits per heavy atom. The lowest BCUT2D eigenvalue weighted by molar-refractivity contribution is -0.139. The highest BCUT2D eigenvalue weighted by atomic mass is 16.5. The molecule has 0 aliphatic heterocycles. The number of hydrogen-bond donors (Lipinski definition) is 0. The van der Waals surface area contributed by atoms with Gasteiger partial charge in [-0.25, -0.2) is 0 Å². The molecule has 4 nitrogen and oxygen atoms in total. The molecule has 0 unspecified atom stereocenters. The lowest BCUT2D eigenvalue weighted by Gasteiger charge is -2.36. The third-order valence-corrected chi connectivity index (χ3v) is 5.24. The van der Waals surface area contributed by atoms with Gasteiger partial charge in [0, 0.05) is 19.6 Å². The molecule has 0 heterocycles. The van der Waals surface area contributed by atoms with Crippen molar-refractivity contribution in [2.45, 2.75) is 58.1 Å². The molecule has 134 valence electrons. The zero-order chi connectivity index (χ0) is 17.5. The van der Waals surface area contributed by atoms with E-state index in [1.54, 1.807) is 14.2 Å². The molecular weight excluding hydrogens is 302 g/mol. The molecule has 1 fully saturated rings. The SMILES string of the molecule is CC[C@@H](c1ccc(OC)cc1)N(CC)C(=O)C1CCC(OC)CC1. The Balaban J connectivity index is 2.10. The molecule has 1 aliphatic carbocycles. The van der Waals surface area contributed by atoms with Crippen LogP contribution in [0.5, 0.6) is 5.75 Å². The second-order valence-corrected chi connectivity index (χ2v) is 6.53. The van der Waals surface area contributed by atoms with Gasteiger partial charge in [-0.15, -0.1) is 0 Å². The summed E-state index contributed by atoms with van der Waals surface area (Å²) >= 11 is 0. The Hall–Kier alpha value is -1.55. The van der Waals surface area contributed by atoms with Crippen LogP contribution in [0.3, 0.4) is 0 Å². The molecule has 4 heteroatoms. The van der Waals surface area contributed by atoms with Crippen LogP contribution in [0.15, 0.2) is 24.3 Å². The summed E-state index contributed by atoms with van der Waals surface area (Å²) in [5.74, 6) is 1.29. The molecule has 0 aromatic heterocycles. The summed E-state index contributed by atoms with van der Waals surface area (Å²) in [6.45, 7) is 4.96. The smallest absolute Gasteiger partial charge is 0.226 e. The van der Waals surface area contributed by atoms with Gasteiger partial charge in [-0.05, 0) is 56.7 Å². The van der Waals surface area contributed by atoms with E-state index in [0.29, 0.717) is 12.0 Å². The van der Waals surface area contributed by atoms with E-state index in [-0.39, 0.29) is 12.0 Å². The predicted molar refractivity (Wildman–Crippen MR) is 96.2 cm³/mol. The summed E-state index contributed by atoms with van der Waals surface area (Å²) in [5, 5.41) is 0. The van der Waals surface area contributed by atoms with Gasteiger partial charge < -0.3 is 14.4 Å². The van der Waals surface area contributed by atoms with Gasteiger partial charge in [-0.2, -0.15) is 0 Å². The first-order valence-electron chi connectivity index (χ1n) is 9.11. The normalized spacial score (nSPS) is 22.0. The van der Waals surface area contributed by atoms with Crippen molar-refractivity contribution < 1.29 is 14.3 Å². The Bertz CT molecular complexity index is 506. The van der Waals surface area contributed by atoms with E-state index in [9.17, 15) is 4.79 Å². The Morgan fingerprint density at radius 3 is 2.21 bits per heavy atom. The quantitative estimate of drug-likeness (QED) is 0.750. The maximum absolute atomic E-state index is 13.1. The molecule has 1 saturated carbocycles. The number of amides is 1. The minimum atomic E-state index is 0.133. The Labute approximate surface area is 146 Å². The molecular formula is C20H31NO3. The summed E-state index contributed by atoms with van der Waals surface area (Å²) in [6.07, 6.45) is 5.10. The topological polar surface area (TPSA) is 38.8 Å². The van der Waals surface area contributed by atoms with Crippen LogP contribution in [0.1, 0.15) is 57.6 Å². The fraction of sp³-hybridized carbons (Fsp3) is 0.650. The number of ether oxygens (including phenoxy) is 2. The summed E-state index contributed by atoms with van der Waals surface area (Å²) in [5.41, 5.74) is 1.18. The zero-order valence-corrected chi connectivity index (χ0v) is 15.5. The van der Waals surface area contributed by atoms with Gasteiger partial charge in [0.1, 0.15) is 5.75 Å². The van der Waals surface area contributed by atoms with Crippen molar-refractivity contribution in [2.75, 3.05) is 20.8 Å². The lowest BCUT2D eigenvalue weighted by atomic mass is 9.85. The molecule has 0 radical (unpaired) electrons. The molecule has 1 amide bonds. The maximum atomic E-state index is 13.1. The van der Waals surface area contributed by atoms with Crippen LogP contribution in [0.25, 0.3) is 0 Å². The number of nitrogens with zero attached hydrogens (tertiary/aromatic N) is 1. The number of carbonyl (C=O) groups excluding carboxylic acids is 1. The molecule has 2 rings (SSSR count). The fourth-order valence-electron chi connectivity index (χ4n) is 3.77. The summed E-state index contributed by atoms with van der Waals surface area (Å²) in [7, 11) is 3.44. The van der Waals surface area contributed by atoms with Crippen LogP contribution in [-0.2, 0) is 9.53 Å². The standard InChI is InChI=1S/C20H31NO3/c1-5-19(15-7-11-17(23-3)12-8-15)21(6-2)20(22)16-9-13-18(24-4)14-10-16/h7-8,11-12,16,18-19H,5-6,9-10,13-14H2,1-4H3/t16?,18?,19-/m0/s1. The van der Waals surface area contributed by atoms with Gasteiger partial charge >= 0.3 is 0 Å². The number of hydrogen-bond acceptors (Lipinski definition) is 3. The van der Waals surface area contributed by atoms with Crippen molar-refractivity contribution >= 4 is 5.91 Å². The molecule has 0 saturated heterocycles. The number of carbonyl (C=O) groups is 1. The van der Waals surface area contributed by atoms with Gasteiger partial charge in [0.15, 0.2) is 0 Å². The number of methoxy groups -OCH3 is 2. The molecule has 1 aliphatic rings. The van der Waals surface area contributed by atoms with E-state index in [1.807, 2.05) is 12.1 Å². The third kappa shape index (κ3) is 4.29. The van der Waals surface area contributed by atoms with E-state index in [0.717, 1.165) is 44.4 Å². The molecule has 0 N–H and O–H groups in total. The van der Waals surface area contributed by atoms with E-state index in [4.69, 9.17) is 9.47 Å². The van der Waals surface area contributed by atoms with Crippen LogP contribution in [-0.4, -0.2) is 37.7 Å². The highest BCUT2D eigenvalue weighted by Crippen LogP contribution is 2.32. The predicted octanol–water partition coefficient (Wildman–Crippen LogP) is 4.20. The van der Waals surface area contributed by atoms with Crippen molar-refractivity contribution in [3.05, 3.63) is 29.8 Å². The second-order valence-electron chi connectivity index (χ2n) is 6.53. The van der Waals surface area contributed by atoms with Crippen molar-refractivity contribution in [3.63, 3.8) is 0 Å². The summed E-state index contributed by atoms with van der Waals surface area (Å²) < 4.78 is 10.7. The minimum absolute atomic E-state index is 0.133. The largest absolute Gasteiger partial charge is 0.497 e. The third-order valence-electron chi connectivity index (χ3n) is 5.24. The fourth-order valence-corrected chi connectivity index (χ4v) is 3.77. The first-order chi connectivity index (χ1) is 11.6. The number of rotatable bonds is 7. The number of benzene rings is 1. The first kappa shape index (κ1) is 18.8. The molecule has 1 aromatic rings. The monoisotopic (exact) mass is 333 g/mol. The average Bonchev–Trinajstić information content (AvgIpc) is 2.65. The molecule has 1 aromatic carbocycles. The van der Waals surface area contributed by atoms with Gasteiger partial charge in [-0.3, -0.25) is 4.79 Å². The van der Waals surface area contributed by atoms with Crippen LogP contribution in [0.2, 0.25) is 0 Å². The lowest BCUT2D eigenvalue weighted by Crippen LogP contribution is -2.40. The molecule has 0 bridgehead atoms. The van der Waals surface area contributed by atoms with E-state index >= 15 is 0 Å². The average molecular weight is 333 g/mol. The van der Waals surface area contributed by atoms with Crippen LogP contribution in [0.4, 0.5) is 0 Å². The van der Waals surface area contributed by atoms with Crippen molar-refractivity contribution in [1.82, 2.24) is 4.90 Å². The van der Waals surface area contributed by atoms with Crippen molar-refractivity contribution in [2.24, 2.45) is 5.92 Å². The van der Waals surface area contributed by atoms with Gasteiger partial charge in [0.25, 0.3) is 0 Å². The van der Waals surface area contributed by atoms with Gasteiger partial charge in [0.2, 0.25) is 5.91 Å². The van der Waals surface area contributed by atoms with Crippen LogP contribution >= 0.6 is 0 Å². The highest BCUT2D eigenvalue weighted by Gasteiger charge is 2.32. The Morgan fingerprint density at radius 1 is 1.12 bits per heavy atom. The maximum Gasteiger partial charge on any atom is 0.226 e. The van der Waals surface area contributed by atoms with E-state index in [2.05, 4.69) is 30.9 Å². The van der Waals surface area contributed by atoms with Gasteiger partial charge in [-0.1, -0.05) is 19.1 Å². The van der Waals surface area contributed by atoms with Crippen molar-refractivity contribution in [1.29, 1.82) is 0 Å². The molecule has 1 atom stereocenters. The van der Waals surface area contributed by atoms with Crippen LogP contribution in [0, 0.1) is 5.92 Å². The molecule has 0 spiro atoms.